The van der Waals surface area contributed by atoms with E-state index in [1.807, 2.05) is 12.4 Å². The van der Waals surface area contributed by atoms with Crippen molar-refractivity contribution in [3.63, 3.8) is 0 Å². The first kappa shape index (κ1) is 19.6. The summed E-state index contributed by atoms with van der Waals surface area (Å²) in [4.78, 5) is 8.34. The Bertz CT molecular complexity index is 1120. The van der Waals surface area contributed by atoms with Crippen molar-refractivity contribution in [3.8, 4) is 11.3 Å². The summed E-state index contributed by atoms with van der Waals surface area (Å²) in [6.45, 7) is 3.04. The third kappa shape index (κ3) is 4.83. The maximum Gasteiger partial charge on any atom is 0.132 e. The predicted octanol–water partition coefficient (Wildman–Crippen LogP) is 2.43. The van der Waals surface area contributed by atoms with E-state index < -0.39 is 0 Å². The van der Waals surface area contributed by atoms with Gasteiger partial charge in [0.25, 0.3) is 0 Å². The number of nitrogen functional groups attached to an aromatic ring is 1. The number of anilines is 1. The van der Waals surface area contributed by atoms with Crippen LogP contribution >= 0.6 is 0 Å². The van der Waals surface area contributed by atoms with Gasteiger partial charge in [-0.2, -0.15) is 0 Å². The first-order valence-electron chi connectivity index (χ1n) is 9.70. The normalized spacial score (nSPS) is 11.1. The van der Waals surface area contributed by atoms with Gasteiger partial charge < -0.3 is 5.73 Å². The van der Waals surface area contributed by atoms with Crippen LogP contribution < -0.4 is 5.73 Å². The van der Waals surface area contributed by atoms with Gasteiger partial charge in [-0.05, 0) is 50.5 Å². The molecule has 0 bridgehead atoms. The standard InChI is InChI=1S/C20H22FN9/c1-14-23-10-16(20(22)24-14)11-30-12-18(25-27-30)4-2-3-9-29-13-19(26-28-29)15-5-7-17(21)8-6-15/h5-8,10,12-13H,2-4,9,11H2,1H3,(H2,22,23,24). The number of halogens is 1. The van der Waals surface area contributed by atoms with Crippen molar-refractivity contribution >= 4 is 5.82 Å². The molecule has 0 fully saturated rings. The molecule has 1 aromatic carbocycles. The number of aromatic nitrogens is 8. The van der Waals surface area contributed by atoms with Gasteiger partial charge in [0.1, 0.15) is 23.2 Å². The Kier molecular flexibility index (Phi) is 5.73. The Morgan fingerprint density at radius 1 is 1.00 bits per heavy atom. The average Bonchev–Trinajstić information content (AvgIpc) is 3.38. The second-order valence-electron chi connectivity index (χ2n) is 7.07. The van der Waals surface area contributed by atoms with Crippen LogP contribution in [0.1, 0.15) is 29.9 Å². The largest absolute Gasteiger partial charge is 0.383 e. The molecule has 0 radical (unpaired) electrons. The molecule has 0 aliphatic carbocycles. The van der Waals surface area contributed by atoms with E-state index in [1.165, 1.54) is 12.1 Å². The fourth-order valence-electron chi connectivity index (χ4n) is 3.08. The monoisotopic (exact) mass is 407 g/mol. The van der Waals surface area contributed by atoms with Gasteiger partial charge in [0.15, 0.2) is 0 Å². The van der Waals surface area contributed by atoms with Crippen molar-refractivity contribution in [3.05, 3.63) is 65.8 Å². The molecular formula is C20H22FN9. The Morgan fingerprint density at radius 2 is 1.80 bits per heavy atom. The molecule has 0 amide bonds. The summed E-state index contributed by atoms with van der Waals surface area (Å²) in [5.74, 6) is 0.846. The molecule has 9 nitrogen and oxygen atoms in total. The fourth-order valence-corrected chi connectivity index (χ4v) is 3.08. The van der Waals surface area contributed by atoms with E-state index in [0.717, 1.165) is 48.3 Å². The molecule has 30 heavy (non-hydrogen) atoms. The number of aryl methyl sites for hydroxylation is 3. The Labute approximate surface area is 172 Å². The van der Waals surface area contributed by atoms with Gasteiger partial charge in [0.2, 0.25) is 0 Å². The molecule has 4 aromatic rings. The van der Waals surface area contributed by atoms with Crippen LogP contribution in [0.5, 0.6) is 0 Å². The van der Waals surface area contributed by atoms with Crippen molar-refractivity contribution < 1.29 is 4.39 Å². The van der Waals surface area contributed by atoms with Crippen LogP contribution in [0.15, 0.2) is 42.9 Å². The third-order valence-electron chi connectivity index (χ3n) is 4.69. The molecule has 10 heteroatoms. The highest BCUT2D eigenvalue weighted by Crippen LogP contribution is 2.16. The number of unbranched alkanes of at least 4 members (excludes halogenated alkanes) is 1. The maximum absolute atomic E-state index is 13.0. The lowest BCUT2D eigenvalue weighted by Crippen LogP contribution is -2.07. The predicted molar refractivity (Wildman–Crippen MR) is 109 cm³/mol. The summed E-state index contributed by atoms with van der Waals surface area (Å²) < 4.78 is 16.6. The van der Waals surface area contributed by atoms with Crippen LogP contribution in [0.3, 0.4) is 0 Å². The minimum atomic E-state index is -0.265. The summed E-state index contributed by atoms with van der Waals surface area (Å²) >= 11 is 0. The Balaban J connectivity index is 1.25. The highest BCUT2D eigenvalue weighted by molar-refractivity contribution is 5.57. The molecule has 2 N–H and O–H groups in total. The van der Waals surface area contributed by atoms with Gasteiger partial charge in [0, 0.05) is 30.1 Å². The van der Waals surface area contributed by atoms with E-state index >= 15 is 0 Å². The summed E-state index contributed by atoms with van der Waals surface area (Å²) in [6.07, 6.45) is 8.20. The number of benzene rings is 1. The quantitative estimate of drug-likeness (QED) is 0.446. The van der Waals surface area contributed by atoms with E-state index in [1.54, 1.807) is 34.6 Å². The highest BCUT2D eigenvalue weighted by Gasteiger charge is 2.07. The summed E-state index contributed by atoms with van der Waals surface area (Å²) in [5.41, 5.74) is 9.26. The van der Waals surface area contributed by atoms with Crippen LogP contribution in [0, 0.1) is 12.7 Å². The molecule has 4 rings (SSSR count). The van der Waals surface area contributed by atoms with Crippen LogP contribution in [0.25, 0.3) is 11.3 Å². The zero-order valence-electron chi connectivity index (χ0n) is 16.6. The number of nitrogens with two attached hydrogens (primary N) is 1. The van der Waals surface area contributed by atoms with Gasteiger partial charge >= 0.3 is 0 Å². The number of rotatable bonds is 8. The lowest BCUT2D eigenvalue weighted by molar-refractivity contribution is 0.539. The van der Waals surface area contributed by atoms with Crippen LogP contribution in [0.4, 0.5) is 10.2 Å². The summed E-state index contributed by atoms with van der Waals surface area (Å²) in [6, 6.07) is 6.23. The smallest absolute Gasteiger partial charge is 0.132 e. The van der Waals surface area contributed by atoms with E-state index in [4.69, 9.17) is 5.73 Å². The SMILES string of the molecule is Cc1ncc(Cn2cc(CCCCn3cc(-c4ccc(F)cc4)nn3)nn2)c(N)n1. The van der Waals surface area contributed by atoms with E-state index in [0.29, 0.717) is 18.2 Å². The lowest BCUT2D eigenvalue weighted by Gasteiger charge is -2.04. The Hall–Kier alpha value is -3.69. The zero-order valence-corrected chi connectivity index (χ0v) is 16.6. The first-order valence-corrected chi connectivity index (χ1v) is 9.70. The van der Waals surface area contributed by atoms with Crippen LogP contribution in [-0.2, 0) is 19.5 Å². The number of nitrogens with zero attached hydrogens (tertiary/aromatic N) is 8. The van der Waals surface area contributed by atoms with Crippen molar-refractivity contribution in [2.75, 3.05) is 5.73 Å². The molecule has 0 saturated heterocycles. The molecule has 0 spiro atoms. The van der Waals surface area contributed by atoms with E-state index in [-0.39, 0.29) is 5.82 Å². The van der Waals surface area contributed by atoms with Gasteiger partial charge in [-0.3, -0.25) is 4.68 Å². The second-order valence-corrected chi connectivity index (χ2v) is 7.07. The van der Waals surface area contributed by atoms with E-state index in [9.17, 15) is 4.39 Å². The molecule has 0 aliphatic heterocycles. The number of hydrogen-bond donors (Lipinski definition) is 1. The van der Waals surface area contributed by atoms with Crippen molar-refractivity contribution in [1.29, 1.82) is 0 Å². The van der Waals surface area contributed by atoms with Gasteiger partial charge in [0.05, 0.1) is 18.4 Å². The first-order chi connectivity index (χ1) is 14.6. The molecule has 0 aliphatic rings. The zero-order chi connectivity index (χ0) is 20.9. The maximum atomic E-state index is 13.0. The third-order valence-corrected chi connectivity index (χ3v) is 4.69. The average molecular weight is 407 g/mol. The molecule has 0 atom stereocenters. The van der Waals surface area contributed by atoms with E-state index in [2.05, 4.69) is 30.6 Å². The van der Waals surface area contributed by atoms with Gasteiger partial charge in [-0.1, -0.05) is 10.4 Å². The molecule has 154 valence electrons. The highest BCUT2D eigenvalue weighted by atomic mass is 19.1. The molecular weight excluding hydrogens is 385 g/mol. The van der Waals surface area contributed by atoms with Crippen molar-refractivity contribution in [1.82, 2.24) is 40.0 Å². The lowest BCUT2D eigenvalue weighted by atomic mass is 10.2. The Morgan fingerprint density at radius 3 is 2.60 bits per heavy atom. The van der Waals surface area contributed by atoms with Crippen LogP contribution in [-0.4, -0.2) is 40.0 Å². The fraction of sp³-hybridized carbons (Fsp3) is 0.300. The molecule has 3 aromatic heterocycles. The number of hydrogen-bond acceptors (Lipinski definition) is 7. The van der Waals surface area contributed by atoms with Crippen LogP contribution in [0.2, 0.25) is 0 Å². The van der Waals surface area contributed by atoms with Crippen molar-refractivity contribution in [2.45, 2.75) is 39.3 Å². The minimum absolute atomic E-state index is 0.265. The molecule has 0 saturated carbocycles. The minimum Gasteiger partial charge on any atom is -0.383 e. The van der Waals surface area contributed by atoms with Gasteiger partial charge in [-0.25, -0.2) is 19.0 Å². The topological polar surface area (TPSA) is 113 Å². The summed E-state index contributed by atoms with van der Waals surface area (Å²) in [7, 11) is 0. The van der Waals surface area contributed by atoms with Gasteiger partial charge in [-0.15, -0.1) is 10.2 Å². The molecule has 3 heterocycles. The van der Waals surface area contributed by atoms with Crippen molar-refractivity contribution in [2.24, 2.45) is 0 Å². The second kappa shape index (κ2) is 8.76. The molecule has 0 unspecified atom stereocenters. The summed E-state index contributed by atoms with van der Waals surface area (Å²) in [5, 5.41) is 16.7.